The van der Waals surface area contributed by atoms with Gasteiger partial charge in [0, 0.05) is 23.8 Å². The van der Waals surface area contributed by atoms with Crippen LogP contribution in [-0.4, -0.2) is 26.8 Å². The van der Waals surface area contributed by atoms with Gasteiger partial charge in [-0.25, -0.2) is 0 Å². The van der Waals surface area contributed by atoms with Crippen LogP contribution in [0.2, 0.25) is 0 Å². The summed E-state index contributed by atoms with van der Waals surface area (Å²) in [4.78, 5) is 19.2. The number of hydrogen-bond donors (Lipinski definition) is 0. The van der Waals surface area contributed by atoms with Crippen LogP contribution >= 0.6 is 11.8 Å². The molecule has 0 saturated carbocycles. The Morgan fingerprint density at radius 2 is 1.94 bits per heavy atom. The first kappa shape index (κ1) is 21.3. The fourth-order valence-corrected chi connectivity index (χ4v) is 4.44. The summed E-state index contributed by atoms with van der Waals surface area (Å²) in [5.74, 6) is 1.22. The number of thioether (sulfide) groups is 1. The monoisotopic (exact) mass is 434 g/mol. The molecule has 4 rings (SSSR count). The molecule has 1 aromatic heterocycles. The first-order chi connectivity index (χ1) is 15.1. The molecular formula is C24H26N4O2S. The van der Waals surface area contributed by atoms with E-state index < -0.39 is 6.23 Å². The van der Waals surface area contributed by atoms with Crippen LogP contribution in [0.1, 0.15) is 51.0 Å². The summed E-state index contributed by atoms with van der Waals surface area (Å²) in [6, 6.07) is 15.8. The molecule has 6 nitrogen and oxygen atoms in total. The maximum absolute atomic E-state index is 12.8. The van der Waals surface area contributed by atoms with Gasteiger partial charge in [-0.3, -0.25) is 9.69 Å². The largest absolute Gasteiger partial charge is 0.447 e. The number of carbonyl (C=O) groups is 1. The summed E-state index contributed by atoms with van der Waals surface area (Å²) in [6.07, 6.45) is 2.42. The third-order valence-corrected chi connectivity index (χ3v) is 6.15. The van der Waals surface area contributed by atoms with Crippen molar-refractivity contribution in [3.05, 3.63) is 59.7 Å². The lowest BCUT2D eigenvalue weighted by atomic mass is 10.0. The first-order valence-corrected chi connectivity index (χ1v) is 11.6. The summed E-state index contributed by atoms with van der Waals surface area (Å²) >= 11 is 1.57. The smallest absolute Gasteiger partial charge is 0.247 e. The molecule has 2 aromatic carbocycles. The first-order valence-electron chi connectivity index (χ1n) is 10.6. The zero-order valence-corrected chi connectivity index (χ0v) is 18.9. The van der Waals surface area contributed by atoms with Crippen LogP contribution in [0.5, 0.6) is 5.88 Å². The number of fused-ring (bicyclic) bond motifs is 3. The van der Waals surface area contributed by atoms with E-state index in [0.717, 1.165) is 47.4 Å². The summed E-state index contributed by atoms with van der Waals surface area (Å²) in [5.41, 5.74) is 4.15. The minimum Gasteiger partial charge on any atom is -0.447 e. The van der Waals surface area contributed by atoms with Crippen LogP contribution in [0.15, 0.2) is 53.7 Å². The quantitative estimate of drug-likeness (QED) is 0.380. The molecule has 0 radical (unpaired) electrons. The predicted molar refractivity (Wildman–Crippen MR) is 123 cm³/mol. The standard InChI is InChI=1S/C24H26N4O2S/c1-4-6-14-31-24-25-22-21(26-27-24)19-15-17(5-2)12-13-20(19)28(16(3)29)23(30-22)18-10-8-7-9-11-18/h7-13,15,23H,4-6,14H2,1-3H3. The number of unbranched alkanes of at least 4 members (excludes halogenated alkanes) is 1. The van der Waals surface area contributed by atoms with E-state index in [4.69, 9.17) is 9.72 Å². The Hall–Kier alpha value is -2.93. The van der Waals surface area contributed by atoms with Crippen LogP contribution < -0.4 is 9.64 Å². The third kappa shape index (κ3) is 4.42. The van der Waals surface area contributed by atoms with Crippen LogP contribution in [0.25, 0.3) is 11.3 Å². The molecule has 1 amide bonds. The van der Waals surface area contributed by atoms with Gasteiger partial charge in [0.15, 0.2) is 5.69 Å². The zero-order valence-electron chi connectivity index (χ0n) is 18.0. The molecule has 1 unspecified atom stereocenters. The van der Waals surface area contributed by atoms with E-state index in [1.807, 2.05) is 42.5 Å². The van der Waals surface area contributed by atoms with E-state index in [9.17, 15) is 4.79 Å². The number of carbonyl (C=O) groups excluding carboxylic acids is 1. The molecule has 31 heavy (non-hydrogen) atoms. The Morgan fingerprint density at radius 3 is 2.65 bits per heavy atom. The molecule has 0 fully saturated rings. The van der Waals surface area contributed by atoms with E-state index in [2.05, 4.69) is 30.1 Å². The van der Waals surface area contributed by atoms with Gasteiger partial charge in [0.2, 0.25) is 23.2 Å². The van der Waals surface area contributed by atoms with E-state index in [1.54, 1.807) is 23.6 Å². The van der Waals surface area contributed by atoms with Crippen molar-refractivity contribution >= 4 is 23.4 Å². The Morgan fingerprint density at radius 1 is 1.13 bits per heavy atom. The normalized spacial score (nSPS) is 14.9. The Balaban J connectivity index is 1.88. The van der Waals surface area contributed by atoms with E-state index in [1.165, 1.54) is 0 Å². The predicted octanol–water partition coefficient (Wildman–Crippen LogP) is 5.44. The van der Waals surface area contributed by atoms with Crippen molar-refractivity contribution in [3.8, 4) is 17.1 Å². The highest BCUT2D eigenvalue weighted by Gasteiger charge is 2.34. The molecule has 3 aromatic rings. The second kappa shape index (κ2) is 9.47. The second-order valence-corrected chi connectivity index (χ2v) is 8.49. The summed E-state index contributed by atoms with van der Waals surface area (Å²) in [6.45, 7) is 5.81. The summed E-state index contributed by atoms with van der Waals surface area (Å²) in [5, 5.41) is 9.43. The van der Waals surface area contributed by atoms with Gasteiger partial charge in [-0.2, -0.15) is 4.98 Å². The van der Waals surface area contributed by atoms with Crippen LogP contribution in [-0.2, 0) is 11.2 Å². The van der Waals surface area contributed by atoms with Gasteiger partial charge >= 0.3 is 0 Å². The highest BCUT2D eigenvalue weighted by Crippen LogP contribution is 2.43. The molecule has 0 N–H and O–H groups in total. The topological polar surface area (TPSA) is 68.2 Å². The molecule has 0 aliphatic carbocycles. The molecule has 7 heteroatoms. The third-order valence-electron chi connectivity index (χ3n) is 5.23. The van der Waals surface area contributed by atoms with Crippen molar-refractivity contribution in [1.29, 1.82) is 0 Å². The highest BCUT2D eigenvalue weighted by molar-refractivity contribution is 7.99. The molecule has 160 valence electrons. The maximum atomic E-state index is 12.8. The number of nitrogens with zero attached hydrogens (tertiary/aromatic N) is 4. The fraction of sp³-hybridized carbons (Fsp3) is 0.333. The number of aromatic nitrogens is 3. The molecular weight excluding hydrogens is 408 g/mol. The average Bonchev–Trinajstić information content (AvgIpc) is 2.93. The number of rotatable bonds is 6. The van der Waals surface area contributed by atoms with Gasteiger partial charge in [-0.1, -0.05) is 68.4 Å². The van der Waals surface area contributed by atoms with Crippen molar-refractivity contribution in [2.45, 2.75) is 51.4 Å². The second-order valence-electron chi connectivity index (χ2n) is 7.43. The number of benzene rings is 2. The molecule has 1 aliphatic rings. The fourth-order valence-electron chi connectivity index (χ4n) is 3.58. The van der Waals surface area contributed by atoms with E-state index in [0.29, 0.717) is 16.7 Å². The Bertz CT molecular complexity index is 1070. The highest BCUT2D eigenvalue weighted by atomic mass is 32.2. The van der Waals surface area contributed by atoms with Gasteiger partial charge in [0.25, 0.3) is 0 Å². The summed E-state index contributed by atoms with van der Waals surface area (Å²) in [7, 11) is 0. The number of ether oxygens (including phenoxy) is 1. The average molecular weight is 435 g/mol. The molecule has 0 saturated heterocycles. The molecule has 2 heterocycles. The lowest BCUT2D eigenvalue weighted by Crippen LogP contribution is -2.36. The van der Waals surface area contributed by atoms with Crippen molar-refractivity contribution in [2.24, 2.45) is 0 Å². The van der Waals surface area contributed by atoms with Gasteiger partial charge in [-0.05, 0) is 30.5 Å². The van der Waals surface area contributed by atoms with Crippen molar-refractivity contribution in [2.75, 3.05) is 10.7 Å². The van der Waals surface area contributed by atoms with Gasteiger partial charge in [0.1, 0.15) is 0 Å². The zero-order chi connectivity index (χ0) is 21.8. The number of anilines is 1. The van der Waals surface area contributed by atoms with E-state index in [-0.39, 0.29) is 5.91 Å². The van der Waals surface area contributed by atoms with Gasteiger partial charge in [-0.15, -0.1) is 10.2 Å². The molecule has 1 aliphatic heterocycles. The molecule has 0 bridgehead atoms. The van der Waals surface area contributed by atoms with Gasteiger partial charge in [0.05, 0.1) is 5.69 Å². The minimum atomic E-state index is -0.642. The lowest BCUT2D eigenvalue weighted by Gasteiger charge is -2.30. The Labute approximate surface area is 187 Å². The van der Waals surface area contributed by atoms with Crippen molar-refractivity contribution < 1.29 is 9.53 Å². The van der Waals surface area contributed by atoms with Crippen LogP contribution in [0, 0.1) is 0 Å². The van der Waals surface area contributed by atoms with E-state index >= 15 is 0 Å². The van der Waals surface area contributed by atoms with Gasteiger partial charge < -0.3 is 4.74 Å². The maximum Gasteiger partial charge on any atom is 0.247 e. The number of hydrogen-bond acceptors (Lipinski definition) is 6. The minimum absolute atomic E-state index is 0.113. The van der Waals surface area contributed by atoms with Crippen molar-refractivity contribution in [1.82, 2.24) is 15.2 Å². The number of aryl methyl sites for hydroxylation is 1. The molecule has 1 atom stereocenters. The van der Waals surface area contributed by atoms with Crippen LogP contribution in [0.3, 0.4) is 0 Å². The summed E-state index contributed by atoms with van der Waals surface area (Å²) < 4.78 is 6.40. The SMILES string of the molecule is CCCCSc1nnc2c(n1)OC(c1ccccc1)N(C(C)=O)c1ccc(CC)cc1-2. The Kier molecular flexibility index (Phi) is 6.51. The number of amides is 1. The lowest BCUT2D eigenvalue weighted by molar-refractivity contribution is -0.118. The molecule has 0 spiro atoms. The van der Waals surface area contributed by atoms with Crippen molar-refractivity contribution in [3.63, 3.8) is 0 Å². The van der Waals surface area contributed by atoms with Crippen LogP contribution in [0.4, 0.5) is 5.69 Å².